The molecule has 0 atom stereocenters. The van der Waals surface area contributed by atoms with Crippen LogP contribution < -0.4 is 15.8 Å². The number of halogens is 1. The van der Waals surface area contributed by atoms with E-state index in [1.807, 2.05) is 0 Å². The Bertz CT molecular complexity index is 291. The number of hydrogen-bond donors (Lipinski definition) is 3. The molecule has 0 aromatic rings. The normalized spacial score (nSPS) is 18.6. The molecule has 1 fully saturated rings. The predicted molar refractivity (Wildman–Crippen MR) is 68.4 cm³/mol. The highest BCUT2D eigenvalue weighted by Gasteiger charge is 2.31. The Kier molecular flexibility index (Phi) is 6.81. The molecule has 1 aliphatic carbocycles. The fraction of sp³-hybridized carbons (Fsp3) is 1.00. The summed E-state index contributed by atoms with van der Waals surface area (Å²) in [6.07, 6.45) is 3.35. The third-order valence-electron chi connectivity index (χ3n) is 2.83. The Hall–Kier alpha value is 0.120. The van der Waals surface area contributed by atoms with Gasteiger partial charge in [-0.05, 0) is 26.2 Å². The zero-order valence-electron chi connectivity index (χ0n) is 9.66. The smallest absolute Gasteiger partial charge is 0.211 e. The van der Waals surface area contributed by atoms with Crippen LogP contribution in [0.5, 0.6) is 0 Å². The van der Waals surface area contributed by atoms with Crippen molar-refractivity contribution in [3.8, 4) is 0 Å². The number of hydrogen-bond acceptors (Lipinski definition) is 4. The number of sulfonamides is 1. The van der Waals surface area contributed by atoms with Crippen LogP contribution in [0.25, 0.3) is 0 Å². The van der Waals surface area contributed by atoms with Crippen LogP contribution in [0.1, 0.15) is 26.2 Å². The van der Waals surface area contributed by atoms with E-state index in [9.17, 15) is 8.42 Å². The van der Waals surface area contributed by atoms with Gasteiger partial charge in [0.1, 0.15) is 0 Å². The van der Waals surface area contributed by atoms with Crippen molar-refractivity contribution in [1.29, 1.82) is 0 Å². The first-order valence-corrected chi connectivity index (χ1v) is 7.10. The van der Waals surface area contributed by atoms with Crippen molar-refractivity contribution in [3.63, 3.8) is 0 Å². The minimum atomic E-state index is -3.05. The van der Waals surface area contributed by atoms with Crippen LogP contribution in [0.4, 0.5) is 0 Å². The standard InChI is InChI=1S/C9H21N3O2S.ClH/c1-2-15(13,14)12-7-6-11-8-9(10)4-3-5-9;/h11-12H,2-8,10H2,1H3;1H. The van der Waals surface area contributed by atoms with Crippen LogP contribution in [0.3, 0.4) is 0 Å². The molecule has 0 aromatic carbocycles. The van der Waals surface area contributed by atoms with Crippen molar-refractivity contribution < 1.29 is 8.42 Å². The SMILES string of the molecule is CCS(=O)(=O)NCCNCC1(N)CCC1.Cl. The van der Waals surface area contributed by atoms with Crippen molar-refractivity contribution in [2.24, 2.45) is 5.73 Å². The topological polar surface area (TPSA) is 84.2 Å². The second-order valence-electron chi connectivity index (χ2n) is 4.19. The average molecular weight is 272 g/mol. The van der Waals surface area contributed by atoms with E-state index in [-0.39, 0.29) is 23.7 Å². The summed E-state index contributed by atoms with van der Waals surface area (Å²) in [5.41, 5.74) is 5.96. The van der Waals surface area contributed by atoms with Crippen LogP contribution in [0.15, 0.2) is 0 Å². The van der Waals surface area contributed by atoms with E-state index in [1.54, 1.807) is 6.92 Å². The van der Waals surface area contributed by atoms with E-state index in [4.69, 9.17) is 5.73 Å². The Balaban J connectivity index is 0.00000225. The Morgan fingerprint density at radius 2 is 1.94 bits per heavy atom. The largest absolute Gasteiger partial charge is 0.324 e. The summed E-state index contributed by atoms with van der Waals surface area (Å²) in [5.74, 6) is 0.133. The monoisotopic (exact) mass is 271 g/mol. The molecule has 0 amide bonds. The molecule has 0 unspecified atom stereocenters. The molecular formula is C9H22ClN3O2S. The van der Waals surface area contributed by atoms with Gasteiger partial charge < -0.3 is 11.1 Å². The second kappa shape index (κ2) is 6.76. The van der Waals surface area contributed by atoms with Gasteiger partial charge in [0.25, 0.3) is 0 Å². The molecule has 0 saturated heterocycles. The third-order valence-corrected chi connectivity index (χ3v) is 4.23. The fourth-order valence-corrected chi connectivity index (χ4v) is 2.16. The van der Waals surface area contributed by atoms with E-state index in [0.717, 1.165) is 19.4 Å². The first-order valence-electron chi connectivity index (χ1n) is 5.44. The number of nitrogens with two attached hydrogens (primary N) is 1. The van der Waals surface area contributed by atoms with Crippen molar-refractivity contribution >= 4 is 22.4 Å². The molecule has 16 heavy (non-hydrogen) atoms. The molecule has 5 nitrogen and oxygen atoms in total. The van der Waals surface area contributed by atoms with E-state index in [0.29, 0.717) is 13.1 Å². The Morgan fingerprint density at radius 1 is 1.31 bits per heavy atom. The summed E-state index contributed by atoms with van der Waals surface area (Å²) in [7, 11) is -3.05. The lowest BCUT2D eigenvalue weighted by atomic mass is 9.78. The molecule has 1 rings (SSSR count). The molecule has 0 radical (unpaired) electrons. The highest BCUT2D eigenvalue weighted by Crippen LogP contribution is 2.27. The number of rotatable bonds is 7. The van der Waals surface area contributed by atoms with Gasteiger partial charge >= 0.3 is 0 Å². The molecule has 1 aliphatic rings. The zero-order valence-corrected chi connectivity index (χ0v) is 11.3. The molecule has 1 saturated carbocycles. The molecule has 7 heteroatoms. The van der Waals surface area contributed by atoms with Gasteiger partial charge in [0.2, 0.25) is 10.0 Å². The third kappa shape index (κ3) is 5.45. The van der Waals surface area contributed by atoms with E-state index >= 15 is 0 Å². The minimum absolute atomic E-state index is 0. The maximum Gasteiger partial charge on any atom is 0.211 e. The van der Waals surface area contributed by atoms with Crippen LogP contribution in [0.2, 0.25) is 0 Å². The molecule has 0 aromatic heterocycles. The molecule has 0 bridgehead atoms. The summed E-state index contributed by atoms with van der Waals surface area (Å²) in [5, 5.41) is 3.17. The lowest BCUT2D eigenvalue weighted by Gasteiger charge is -2.38. The maximum absolute atomic E-state index is 11.1. The van der Waals surface area contributed by atoms with Crippen molar-refractivity contribution in [2.45, 2.75) is 31.7 Å². The summed E-state index contributed by atoms with van der Waals surface area (Å²) in [6.45, 7) is 3.48. The lowest BCUT2D eigenvalue weighted by Crippen LogP contribution is -2.54. The molecule has 98 valence electrons. The van der Waals surface area contributed by atoms with Gasteiger partial charge in [0.05, 0.1) is 5.75 Å². The van der Waals surface area contributed by atoms with Gasteiger partial charge in [-0.25, -0.2) is 13.1 Å². The van der Waals surface area contributed by atoms with Crippen molar-refractivity contribution in [3.05, 3.63) is 0 Å². The maximum atomic E-state index is 11.1. The second-order valence-corrected chi connectivity index (χ2v) is 6.29. The van der Waals surface area contributed by atoms with Gasteiger partial charge in [-0.2, -0.15) is 0 Å². The van der Waals surface area contributed by atoms with Crippen LogP contribution >= 0.6 is 12.4 Å². The fourth-order valence-electron chi connectivity index (χ4n) is 1.54. The predicted octanol–water partition coefficient (Wildman–Crippen LogP) is -0.181. The average Bonchev–Trinajstić information content (AvgIpc) is 2.14. The van der Waals surface area contributed by atoms with Crippen molar-refractivity contribution in [1.82, 2.24) is 10.0 Å². The molecule has 4 N–H and O–H groups in total. The van der Waals surface area contributed by atoms with Gasteiger partial charge in [-0.1, -0.05) is 0 Å². The highest BCUT2D eigenvalue weighted by molar-refractivity contribution is 7.89. The minimum Gasteiger partial charge on any atom is -0.324 e. The summed E-state index contributed by atoms with van der Waals surface area (Å²) in [4.78, 5) is 0. The van der Waals surface area contributed by atoms with Gasteiger partial charge in [-0.3, -0.25) is 0 Å². The van der Waals surface area contributed by atoms with Crippen molar-refractivity contribution in [2.75, 3.05) is 25.4 Å². The van der Waals surface area contributed by atoms with Gasteiger partial charge in [0.15, 0.2) is 0 Å². The van der Waals surface area contributed by atoms with Crippen LogP contribution in [-0.4, -0.2) is 39.3 Å². The number of nitrogens with one attached hydrogen (secondary N) is 2. The highest BCUT2D eigenvalue weighted by atomic mass is 35.5. The summed E-state index contributed by atoms with van der Waals surface area (Å²) < 4.78 is 24.6. The Morgan fingerprint density at radius 3 is 2.38 bits per heavy atom. The summed E-state index contributed by atoms with van der Waals surface area (Å²) >= 11 is 0. The van der Waals surface area contributed by atoms with Crippen LogP contribution in [0, 0.1) is 0 Å². The molecular weight excluding hydrogens is 250 g/mol. The summed E-state index contributed by atoms with van der Waals surface area (Å²) in [6, 6.07) is 0. The van der Waals surface area contributed by atoms with E-state index < -0.39 is 10.0 Å². The Labute approximate surface area is 104 Å². The molecule has 0 aliphatic heterocycles. The van der Waals surface area contributed by atoms with E-state index in [1.165, 1.54) is 6.42 Å². The first-order chi connectivity index (χ1) is 6.97. The van der Waals surface area contributed by atoms with Gasteiger partial charge in [-0.15, -0.1) is 12.4 Å². The molecule has 0 spiro atoms. The zero-order chi connectivity index (χ0) is 11.4. The lowest BCUT2D eigenvalue weighted by molar-refractivity contribution is 0.240. The van der Waals surface area contributed by atoms with E-state index in [2.05, 4.69) is 10.0 Å². The quantitative estimate of drug-likeness (QED) is 0.561. The van der Waals surface area contributed by atoms with Gasteiger partial charge in [0, 0.05) is 25.2 Å². The van der Waals surface area contributed by atoms with Crippen LogP contribution in [-0.2, 0) is 10.0 Å². The first kappa shape index (κ1) is 16.1. The molecule has 0 heterocycles.